The van der Waals surface area contributed by atoms with Gasteiger partial charge in [-0.25, -0.2) is 62.3 Å². The lowest BCUT2D eigenvalue weighted by Crippen LogP contribution is -2.15. The molecule has 0 radical (unpaired) electrons. The molecule has 0 aliphatic heterocycles. The first-order chi connectivity index (χ1) is 34.2. The van der Waals surface area contributed by atoms with E-state index in [2.05, 4.69) is 10.7 Å². The number of halogens is 5. The van der Waals surface area contributed by atoms with Crippen LogP contribution >= 0.6 is 21.4 Å². The molecule has 0 aromatic heterocycles. The van der Waals surface area contributed by atoms with Crippen LogP contribution in [-0.2, 0) is 48.5 Å². The number of nitrogens with zero attached hydrogens (tertiary/aromatic N) is 4. The largest absolute Gasteiger partial charge is 0.495 e. The molecule has 5 aromatic carbocycles. The van der Waals surface area contributed by atoms with Crippen molar-refractivity contribution in [2.24, 2.45) is 15.4 Å². The highest BCUT2D eigenvalue weighted by Gasteiger charge is 2.25. The topological polar surface area (TPSA) is 486 Å². The Labute approximate surface area is 460 Å². The van der Waals surface area contributed by atoms with Gasteiger partial charge < -0.3 is 15.2 Å². The Kier molecular flexibility index (Phi) is 31.4. The molecule has 0 saturated carbocycles. The van der Waals surface area contributed by atoms with E-state index in [1.807, 2.05) is 0 Å². The number of nitrogens with two attached hydrogens (primary N) is 4. The number of hydrogen-bond donors (Lipinski definition) is 5. The predicted molar refractivity (Wildman–Crippen MR) is 285 cm³/mol. The van der Waals surface area contributed by atoms with Crippen LogP contribution < -0.4 is 30.6 Å². The number of nitrogen functional groups attached to an aromatic ring is 1. The molecule has 0 fully saturated rings. The average Bonchev–Trinajstić information content (AvgIpc) is 3.24. The van der Waals surface area contributed by atoms with Crippen molar-refractivity contribution in [1.29, 1.82) is 0 Å². The summed E-state index contributed by atoms with van der Waals surface area (Å²) < 4.78 is 162. The smallest absolute Gasteiger partial charge is 0.353 e. The second-order valence-electron chi connectivity index (χ2n) is 14.3. The SMILES string of the molecule is C.C.C.COc1c(C)cc(N)cc1S(N)(=O)=O.COc1c(C)cc([N+](=O)[O-])cc1S(N)(=O)=O.Cc1cc([N+](=O)[O-])cc(S(=O)(=O)Cl)c1F.Cc1cc([N+](=O)[O-])cc(S(N)(=O)=O)c1F.Cc1cc([N+](=O)[O-])ccc1F.O=S(=O)(O)Cl. The predicted octanol–water partition coefficient (Wildman–Crippen LogP) is 7.43. The number of rotatable bonds is 10. The van der Waals surface area contributed by atoms with Crippen LogP contribution in [-0.4, -0.2) is 80.6 Å². The average molecular weight is 1270 g/mol. The zero-order valence-corrected chi connectivity index (χ0v) is 45.1. The summed E-state index contributed by atoms with van der Waals surface area (Å²) in [4.78, 5) is 36.4. The lowest BCUT2D eigenvalue weighted by molar-refractivity contribution is -0.385. The van der Waals surface area contributed by atoms with Crippen LogP contribution in [0.1, 0.15) is 50.1 Å². The Morgan fingerprint density at radius 2 is 0.747 bits per heavy atom. The molecule has 5 rings (SSSR count). The van der Waals surface area contributed by atoms with Crippen LogP contribution in [0.2, 0.25) is 0 Å². The molecule has 0 spiro atoms. The second-order valence-corrected chi connectivity index (χ2v) is 23.4. The normalized spacial score (nSPS) is 10.7. The lowest BCUT2D eigenvalue weighted by atomic mass is 10.2. The van der Waals surface area contributed by atoms with Gasteiger partial charge in [0.15, 0.2) is 0 Å². The quantitative estimate of drug-likeness (QED) is 0.0298. The summed E-state index contributed by atoms with van der Waals surface area (Å²) in [6.07, 6.45) is 0. The highest BCUT2D eigenvalue weighted by atomic mass is 35.7. The minimum absolute atomic E-state index is 0. The van der Waals surface area contributed by atoms with E-state index in [1.165, 1.54) is 60.1 Å². The monoisotopic (exact) mass is 1270 g/mol. The van der Waals surface area contributed by atoms with Crippen molar-refractivity contribution >= 4 is 98.3 Å². The number of anilines is 1. The first kappa shape index (κ1) is 78.6. The first-order valence-electron chi connectivity index (χ1n) is 19.0. The van der Waals surface area contributed by atoms with E-state index in [0.717, 1.165) is 30.3 Å². The van der Waals surface area contributed by atoms with Gasteiger partial charge in [0.2, 0.25) is 30.1 Å². The molecule has 29 nitrogen and oxygen atoms in total. The number of non-ortho nitro benzene ring substituents is 4. The Hall–Kier alpha value is -6.94. The molecule has 39 heteroatoms. The summed E-state index contributed by atoms with van der Waals surface area (Å²) in [6, 6.07) is 11.5. The van der Waals surface area contributed by atoms with Crippen molar-refractivity contribution in [3.63, 3.8) is 0 Å². The van der Waals surface area contributed by atoms with Crippen LogP contribution in [0.25, 0.3) is 0 Å². The van der Waals surface area contributed by atoms with E-state index < -0.39 is 107 Å². The number of hydrogen-bond acceptors (Lipinski definition) is 21. The van der Waals surface area contributed by atoms with Gasteiger partial charge >= 0.3 is 9.33 Å². The Morgan fingerprint density at radius 3 is 1.05 bits per heavy atom. The molecule has 0 aliphatic rings. The molecule has 5 aromatic rings. The minimum Gasteiger partial charge on any atom is -0.495 e. The van der Waals surface area contributed by atoms with Gasteiger partial charge in [0.25, 0.3) is 31.8 Å². The van der Waals surface area contributed by atoms with Crippen molar-refractivity contribution in [3.05, 3.63) is 152 Å². The summed E-state index contributed by atoms with van der Waals surface area (Å²) >= 11 is 0. The molecule has 0 bridgehead atoms. The van der Waals surface area contributed by atoms with Gasteiger partial charge in [0.1, 0.15) is 48.5 Å². The number of nitro groups is 4. The van der Waals surface area contributed by atoms with Crippen LogP contribution in [0.15, 0.2) is 86.3 Å². The summed E-state index contributed by atoms with van der Waals surface area (Å²) in [5.41, 5.74) is 5.35. The molecule has 0 heterocycles. The van der Waals surface area contributed by atoms with Crippen LogP contribution in [0.4, 0.5) is 41.6 Å². The molecule has 0 aliphatic carbocycles. The van der Waals surface area contributed by atoms with Gasteiger partial charge in [0, 0.05) is 75.6 Å². The molecular weight excluding hydrogens is 1220 g/mol. The van der Waals surface area contributed by atoms with Crippen molar-refractivity contribution in [2.45, 2.75) is 76.5 Å². The number of nitro benzene ring substituents is 4. The molecular formula is C40H53Cl2F3N8O21S5. The van der Waals surface area contributed by atoms with Crippen molar-refractivity contribution in [2.75, 3.05) is 20.0 Å². The van der Waals surface area contributed by atoms with E-state index in [1.54, 1.807) is 13.0 Å². The van der Waals surface area contributed by atoms with Gasteiger partial charge in [0.05, 0.1) is 33.9 Å². The fraction of sp³-hybridized carbons (Fsp3) is 0.250. The maximum atomic E-state index is 13.3. The number of methoxy groups -OCH3 is 2. The third-order valence-corrected chi connectivity index (χ3v) is 12.5. The molecule has 0 amide bonds. The Balaban J connectivity index is -0.000000433. The number of benzene rings is 5. The van der Waals surface area contributed by atoms with Gasteiger partial charge in [-0.1, -0.05) is 22.3 Å². The number of sulfonamides is 3. The van der Waals surface area contributed by atoms with Gasteiger partial charge in [-0.05, 0) is 80.6 Å². The summed E-state index contributed by atoms with van der Waals surface area (Å²) in [5, 5.41) is 56.1. The minimum atomic E-state index is -4.32. The Bertz CT molecular complexity index is 3540. The third kappa shape index (κ3) is 26.1. The maximum absolute atomic E-state index is 13.3. The molecule has 9 N–H and O–H groups in total. The first-order valence-corrected chi connectivity index (χ1v) is 28.2. The Morgan fingerprint density at radius 1 is 0.468 bits per heavy atom. The number of ether oxygens (including phenoxy) is 2. The van der Waals surface area contributed by atoms with Gasteiger partial charge in [-0.2, -0.15) is 8.42 Å². The summed E-state index contributed by atoms with van der Waals surface area (Å²) in [5.74, 6) is -2.30. The fourth-order valence-electron chi connectivity index (χ4n) is 5.32. The van der Waals surface area contributed by atoms with Gasteiger partial charge in [-0.15, -0.1) is 0 Å². The standard InChI is InChI=1S/C8H10N2O5S.C8H12N2O3S.C7H5ClFNO4S.C7H7FN2O4S.C7H6FNO2.3CH4.ClHO3S/c1-5-3-6(10(11)12)4-7(8(5)15-2)16(9,13)14;1-5-3-6(9)4-7(8(5)13-2)14(10,11)12;1-4-2-5(10(11)12)3-6(7(4)9)15(8,13)14;1-4-2-5(10(11)12)3-6(7(4)8)15(9,13)14;1-5-4-6(9(10)11)2-3-7(5)8;;;;1-5(2,3)4/h3-4H,1-2H3,(H2,9,13,14);3-4H,9H2,1-2H3,(H2,10,11,12);2-3H,1H3;2-3H,1H3,(H2,9,13,14);2-4H,1H3;3*1H4;(H,2,3,4). The second kappa shape index (κ2) is 31.6. The van der Waals surface area contributed by atoms with Crippen LogP contribution in [0.3, 0.4) is 0 Å². The molecule has 0 saturated heterocycles. The molecule has 79 heavy (non-hydrogen) atoms. The van der Waals surface area contributed by atoms with E-state index >= 15 is 0 Å². The summed E-state index contributed by atoms with van der Waals surface area (Å²) in [6.45, 7) is 7.12. The van der Waals surface area contributed by atoms with Crippen LogP contribution in [0.5, 0.6) is 11.5 Å². The van der Waals surface area contributed by atoms with E-state index in [9.17, 15) is 87.3 Å². The molecule has 0 atom stereocenters. The van der Waals surface area contributed by atoms with E-state index in [0.29, 0.717) is 34.5 Å². The molecule has 0 unspecified atom stereocenters. The van der Waals surface area contributed by atoms with Crippen molar-refractivity contribution < 1.29 is 89.0 Å². The van der Waals surface area contributed by atoms with E-state index in [4.69, 9.17) is 54.3 Å². The highest BCUT2D eigenvalue weighted by molar-refractivity contribution is 8.13. The zero-order valence-electron chi connectivity index (χ0n) is 39.5. The maximum Gasteiger partial charge on any atom is 0.353 e. The molecule has 444 valence electrons. The van der Waals surface area contributed by atoms with E-state index in [-0.39, 0.29) is 66.1 Å². The summed E-state index contributed by atoms with van der Waals surface area (Å²) in [7, 11) is -9.03. The van der Waals surface area contributed by atoms with Crippen molar-refractivity contribution in [3.8, 4) is 11.5 Å². The lowest BCUT2D eigenvalue weighted by Gasteiger charge is -2.10. The fourth-order valence-corrected chi connectivity index (χ4v) is 8.58. The van der Waals surface area contributed by atoms with Crippen molar-refractivity contribution in [1.82, 2.24) is 0 Å². The number of aryl methyl sites for hydroxylation is 5. The van der Waals surface area contributed by atoms with Gasteiger partial charge in [-0.3, -0.25) is 45.0 Å². The zero-order chi connectivity index (χ0) is 60.0. The van der Waals surface area contributed by atoms with Crippen LogP contribution in [0, 0.1) is 92.5 Å². The number of primary sulfonamides is 3. The third-order valence-electron chi connectivity index (χ3n) is 8.48. The highest BCUT2D eigenvalue weighted by Crippen LogP contribution is 2.32.